The van der Waals surface area contributed by atoms with E-state index in [1.54, 1.807) is 12.1 Å². The van der Waals surface area contributed by atoms with Crippen LogP contribution in [-0.2, 0) is 0 Å². The summed E-state index contributed by atoms with van der Waals surface area (Å²) in [5, 5.41) is 9.19. The molecular weight excluding hydrogens is 284 g/mol. The lowest BCUT2D eigenvalue weighted by molar-refractivity contribution is 0.0690. The minimum absolute atomic E-state index is 0.0650. The zero-order valence-corrected chi connectivity index (χ0v) is 12.5. The summed E-state index contributed by atoms with van der Waals surface area (Å²) < 4.78 is 16.3. The average molecular weight is 302 g/mol. The molecule has 0 radical (unpaired) electrons. The number of hydrogen-bond donors (Lipinski definition) is 1. The van der Waals surface area contributed by atoms with Gasteiger partial charge in [0.15, 0.2) is 11.5 Å². The number of carboxylic acid groups (broad SMARTS) is 1. The Morgan fingerprint density at radius 3 is 2.36 bits per heavy atom. The van der Waals surface area contributed by atoms with Crippen molar-refractivity contribution >= 4 is 5.97 Å². The number of rotatable bonds is 7. The highest BCUT2D eigenvalue weighted by atomic mass is 16.5. The van der Waals surface area contributed by atoms with Crippen molar-refractivity contribution in [2.24, 2.45) is 0 Å². The van der Waals surface area contributed by atoms with E-state index in [0.717, 1.165) is 11.3 Å². The van der Waals surface area contributed by atoms with Crippen LogP contribution in [0.2, 0.25) is 0 Å². The third-order valence-electron chi connectivity index (χ3n) is 3.11. The number of methoxy groups -OCH3 is 1. The fraction of sp³-hybridized carbons (Fsp3) is 0.235. The van der Waals surface area contributed by atoms with Gasteiger partial charge in [-0.3, -0.25) is 0 Å². The van der Waals surface area contributed by atoms with Crippen LogP contribution >= 0.6 is 0 Å². The molecule has 0 aliphatic rings. The van der Waals surface area contributed by atoms with E-state index in [2.05, 4.69) is 0 Å². The fourth-order valence-electron chi connectivity index (χ4n) is 2.01. The molecule has 5 heteroatoms. The largest absolute Gasteiger partial charge is 0.493 e. The monoisotopic (exact) mass is 302 g/mol. The minimum Gasteiger partial charge on any atom is -0.493 e. The Morgan fingerprint density at radius 1 is 1.00 bits per heavy atom. The van der Waals surface area contributed by atoms with Crippen molar-refractivity contribution in [3.8, 4) is 17.2 Å². The first-order valence-electron chi connectivity index (χ1n) is 6.85. The van der Waals surface area contributed by atoms with Gasteiger partial charge in [0, 0.05) is 0 Å². The van der Waals surface area contributed by atoms with Crippen molar-refractivity contribution in [1.82, 2.24) is 0 Å². The number of para-hydroxylation sites is 2. The van der Waals surface area contributed by atoms with Gasteiger partial charge in [-0.15, -0.1) is 0 Å². The summed E-state index contributed by atoms with van der Waals surface area (Å²) >= 11 is 0. The second kappa shape index (κ2) is 7.36. The minimum atomic E-state index is -1.06. The van der Waals surface area contributed by atoms with Gasteiger partial charge in [0.1, 0.15) is 24.5 Å². The number of carbonyl (C=O) groups is 1. The van der Waals surface area contributed by atoms with Gasteiger partial charge in [-0.1, -0.05) is 24.3 Å². The number of aromatic carboxylic acids is 1. The molecule has 2 aromatic rings. The molecule has 0 bridgehead atoms. The maximum Gasteiger partial charge on any atom is 0.339 e. The third kappa shape index (κ3) is 3.69. The first-order chi connectivity index (χ1) is 10.6. The van der Waals surface area contributed by atoms with Gasteiger partial charge in [-0.2, -0.15) is 0 Å². The van der Waals surface area contributed by atoms with Crippen LogP contribution in [0.25, 0.3) is 0 Å². The SMILES string of the molecule is COc1cccc(C(=O)O)c1OCCOc1ccccc1C. The number of benzene rings is 2. The van der Waals surface area contributed by atoms with Gasteiger partial charge in [0.05, 0.1) is 7.11 Å². The van der Waals surface area contributed by atoms with Crippen molar-refractivity contribution in [1.29, 1.82) is 0 Å². The molecule has 0 spiro atoms. The van der Waals surface area contributed by atoms with Crippen LogP contribution in [0.4, 0.5) is 0 Å². The number of carboxylic acids is 1. The van der Waals surface area contributed by atoms with Crippen molar-refractivity contribution in [2.45, 2.75) is 6.92 Å². The van der Waals surface area contributed by atoms with Crippen molar-refractivity contribution in [2.75, 3.05) is 20.3 Å². The summed E-state index contributed by atoms with van der Waals surface area (Å²) in [4.78, 5) is 11.2. The molecule has 2 rings (SSSR count). The zero-order chi connectivity index (χ0) is 15.9. The average Bonchev–Trinajstić information content (AvgIpc) is 2.52. The number of aryl methyl sites for hydroxylation is 1. The molecule has 0 fully saturated rings. The molecular formula is C17H18O5. The molecule has 1 N–H and O–H groups in total. The lowest BCUT2D eigenvalue weighted by atomic mass is 10.2. The van der Waals surface area contributed by atoms with E-state index in [0.29, 0.717) is 12.4 Å². The lowest BCUT2D eigenvalue weighted by Gasteiger charge is -2.14. The van der Waals surface area contributed by atoms with Crippen LogP contribution < -0.4 is 14.2 Å². The summed E-state index contributed by atoms with van der Waals surface area (Å²) in [5.41, 5.74) is 1.10. The van der Waals surface area contributed by atoms with Gasteiger partial charge in [-0.25, -0.2) is 4.79 Å². The Balaban J connectivity index is 2.00. The van der Waals surface area contributed by atoms with E-state index in [9.17, 15) is 9.90 Å². The molecule has 116 valence electrons. The van der Waals surface area contributed by atoms with E-state index >= 15 is 0 Å². The molecule has 0 aromatic heterocycles. The second-order valence-electron chi connectivity index (χ2n) is 4.60. The highest BCUT2D eigenvalue weighted by molar-refractivity contribution is 5.92. The summed E-state index contributed by atoms with van der Waals surface area (Å²) in [5.74, 6) is 0.319. The van der Waals surface area contributed by atoms with E-state index < -0.39 is 5.97 Å². The molecule has 0 amide bonds. The van der Waals surface area contributed by atoms with Crippen molar-refractivity contribution in [3.05, 3.63) is 53.6 Å². The zero-order valence-electron chi connectivity index (χ0n) is 12.5. The third-order valence-corrected chi connectivity index (χ3v) is 3.11. The van der Waals surface area contributed by atoms with Crippen LogP contribution in [0.5, 0.6) is 17.2 Å². The number of ether oxygens (including phenoxy) is 3. The summed E-state index contributed by atoms with van der Waals surface area (Å²) in [6.45, 7) is 2.48. The summed E-state index contributed by atoms with van der Waals surface area (Å²) in [7, 11) is 1.47. The molecule has 5 nitrogen and oxygen atoms in total. The molecule has 0 atom stereocenters. The molecule has 0 aliphatic heterocycles. The van der Waals surface area contributed by atoms with Gasteiger partial charge >= 0.3 is 5.97 Å². The maximum absolute atomic E-state index is 11.2. The van der Waals surface area contributed by atoms with Crippen LogP contribution in [-0.4, -0.2) is 31.4 Å². The maximum atomic E-state index is 11.2. The number of hydrogen-bond acceptors (Lipinski definition) is 4. The highest BCUT2D eigenvalue weighted by Gasteiger charge is 2.16. The summed E-state index contributed by atoms with van der Waals surface area (Å²) in [6, 6.07) is 12.4. The van der Waals surface area contributed by atoms with E-state index in [-0.39, 0.29) is 17.9 Å². The van der Waals surface area contributed by atoms with Crippen LogP contribution in [0, 0.1) is 6.92 Å². The van der Waals surface area contributed by atoms with Crippen LogP contribution in [0.15, 0.2) is 42.5 Å². The molecule has 0 saturated carbocycles. The highest BCUT2D eigenvalue weighted by Crippen LogP contribution is 2.31. The topological polar surface area (TPSA) is 65.0 Å². The van der Waals surface area contributed by atoms with E-state index in [1.165, 1.54) is 13.2 Å². The quantitative estimate of drug-likeness (QED) is 0.796. The first-order valence-corrected chi connectivity index (χ1v) is 6.85. The lowest BCUT2D eigenvalue weighted by Crippen LogP contribution is -2.12. The molecule has 0 unspecified atom stereocenters. The van der Waals surface area contributed by atoms with E-state index in [1.807, 2.05) is 31.2 Å². The predicted octanol–water partition coefficient (Wildman–Crippen LogP) is 3.16. The van der Waals surface area contributed by atoms with Crippen molar-refractivity contribution < 1.29 is 24.1 Å². The van der Waals surface area contributed by atoms with Crippen LogP contribution in [0.3, 0.4) is 0 Å². The van der Waals surface area contributed by atoms with Gasteiger partial charge < -0.3 is 19.3 Å². The molecule has 0 aliphatic carbocycles. The van der Waals surface area contributed by atoms with Crippen LogP contribution in [0.1, 0.15) is 15.9 Å². The molecule has 22 heavy (non-hydrogen) atoms. The summed E-state index contributed by atoms with van der Waals surface area (Å²) in [6.07, 6.45) is 0. The second-order valence-corrected chi connectivity index (χ2v) is 4.60. The Morgan fingerprint density at radius 2 is 1.68 bits per heavy atom. The Bertz CT molecular complexity index is 651. The predicted molar refractivity (Wildman–Crippen MR) is 82.1 cm³/mol. The van der Waals surface area contributed by atoms with Gasteiger partial charge in [0.25, 0.3) is 0 Å². The fourth-order valence-corrected chi connectivity index (χ4v) is 2.01. The molecule has 0 saturated heterocycles. The standard InChI is InChI=1S/C17H18O5/c1-12-6-3-4-8-14(12)21-10-11-22-16-13(17(18)19)7-5-9-15(16)20-2/h3-9H,10-11H2,1-2H3,(H,18,19). The van der Waals surface area contributed by atoms with Gasteiger partial charge in [-0.05, 0) is 30.7 Å². The normalized spacial score (nSPS) is 10.1. The van der Waals surface area contributed by atoms with Gasteiger partial charge in [0.2, 0.25) is 0 Å². The Labute approximate surface area is 129 Å². The van der Waals surface area contributed by atoms with E-state index in [4.69, 9.17) is 14.2 Å². The first kappa shape index (κ1) is 15.7. The molecule has 2 aromatic carbocycles. The Kier molecular flexibility index (Phi) is 5.25. The molecule has 0 heterocycles. The Hall–Kier alpha value is -2.69. The van der Waals surface area contributed by atoms with Crippen molar-refractivity contribution in [3.63, 3.8) is 0 Å². The smallest absolute Gasteiger partial charge is 0.339 e.